The van der Waals surface area contributed by atoms with E-state index in [1.165, 1.54) is 13.2 Å². The van der Waals surface area contributed by atoms with Gasteiger partial charge < -0.3 is 20.4 Å². The van der Waals surface area contributed by atoms with E-state index in [4.69, 9.17) is 4.74 Å². The van der Waals surface area contributed by atoms with Crippen molar-refractivity contribution in [2.45, 2.75) is 30.8 Å². The molecule has 2 heterocycles. The van der Waals surface area contributed by atoms with Gasteiger partial charge >= 0.3 is 0 Å². The molecule has 1 aromatic carbocycles. The number of methoxy groups -OCH3 is 1. The topological polar surface area (TPSA) is 109 Å². The fourth-order valence-corrected chi connectivity index (χ4v) is 4.13. The van der Waals surface area contributed by atoms with E-state index in [2.05, 4.69) is 25.6 Å². The molecule has 0 saturated heterocycles. The lowest BCUT2D eigenvalue weighted by Crippen LogP contribution is -2.07. The maximum Gasteiger partial charge on any atom is 0.295 e. The van der Waals surface area contributed by atoms with Crippen molar-refractivity contribution in [3.05, 3.63) is 35.7 Å². The van der Waals surface area contributed by atoms with Gasteiger partial charge in [0.2, 0.25) is 0 Å². The number of aromatic amines is 1. The van der Waals surface area contributed by atoms with Crippen LogP contribution in [0.5, 0.6) is 0 Å². The summed E-state index contributed by atoms with van der Waals surface area (Å²) >= 11 is 0. The van der Waals surface area contributed by atoms with Crippen molar-refractivity contribution in [3.63, 3.8) is 0 Å². The third kappa shape index (κ3) is 4.93. The van der Waals surface area contributed by atoms with Crippen molar-refractivity contribution in [2.75, 3.05) is 30.5 Å². The Morgan fingerprint density at radius 1 is 1.23 bits per heavy atom. The number of aromatic nitrogens is 3. The summed E-state index contributed by atoms with van der Waals surface area (Å²) in [5.74, 6) is 0.574. The Kier molecular flexibility index (Phi) is 5.80. The van der Waals surface area contributed by atoms with Gasteiger partial charge in [-0.1, -0.05) is 6.07 Å². The molecule has 0 spiro atoms. The molecular weight excluding hydrogens is 428 g/mol. The Morgan fingerprint density at radius 3 is 2.65 bits per heavy atom. The summed E-state index contributed by atoms with van der Waals surface area (Å²) < 4.78 is 56.3. The van der Waals surface area contributed by atoms with Crippen LogP contribution in [0.25, 0.3) is 11.2 Å². The van der Waals surface area contributed by atoms with Gasteiger partial charge in [-0.2, -0.15) is 0 Å². The van der Waals surface area contributed by atoms with E-state index in [0.29, 0.717) is 28.7 Å². The third-order valence-corrected chi connectivity index (χ3v) is 6.11. The zero-order valence-corrected chi connectivity index (χ0v) is 17.9. The maximum atomic E-state index is 13.2. The number of hydrogen-bond donors (Lipinski definition) is 3. The molecule has 0 bridgehead atoms. The second-order valence-corrected chi connectivity index (χ2v) is 9.64. The molecule has 166 valence electrons. The van der Waals surface area contributed by atoms with Crippen LogP contribution in [0.2, 0.25) is 0 Å². The number of hydrogen-bond acceptors (Lipinski definition) is 7. The quantitative estimate of drug-likeness (QED) is 0.451. The second-order valence-electron chi connectivity index (χ2n) is 7.66. The number of pyridine rings is 1. The van der Waals surface area contributed by atoms with Crippen molar-refractivity contribution in [3.8, 4) is 0 Å². The number of nitrogens with one attached hydrogen (secondary N) is 3. The number of nitrogens with zero attached hydrogens (tertiary/aromatic N) is 2. The first kappa shape index (κ1) is 21.4. The van der Waals surface area contributed by atoms with Crippen LogP contribution in [0.3, 0.4) is 0 Å². The molecule has 1 aliphatic rings. The normalized spacial score (nSPS) is 14.4. The Morgan fingerprint density at radius 2 is 2.00 bits per heavy atom. The van der Waals surface area contributed by atoms with Crippen molar-refractivity contribution in [1.29, 1.82) is 0 Å². The highest BCUT2D eigenvalue weighted by Gasteiger charge is 2.22. The SMILES string of the molecule is COCc1ccc(Nc2cc(NCC3CC3)nc3[nH]c(C(F)F)nc23)c(S(C)(=O)=O)c1. The highest BCUT2D eigenvalue weighted by molar-refractivity contribution is 7.90. The first-order valence-corrected chi connectivity index (χ1v) is 11.7. The highest BCUT2D eigenvalue weighted by atomic mass is 32.2. The molecule has 8 nitrogen and oxygen atoms in total. The zero-order valence-electron chi connectivity index (χ0n) is 17.1. The lowest BCUT2D eigenvalue weighted by molar-refractivity contribution is 0.142. The van der Waals surface area contributed by atoms with E-state index in [-0.39, 0.29) is 22.7 Å². The first-order chi connectivity index (χ1) is 14.7. The third-order valence-electron chi connectivity index (χ3n) is 4.97. The first-order valence-electron chi connectivity index (χ1n) is 9.76. The molecular formula is C20H23F2N5O3S. The minimum atomic E-state index is -3.58. The Hall–Kier alpha value is -2.79. The summed E-state index contributed by atoms with van der Waals surface area (Å²) in [5, 5.41) is 6.27. The molecule has 1 aliphatic carbocycles. The number of rotatable bonds is 9. The van der Waals surface area contributed by atoms with E-state index in [1.807, 2.05) is 0 Å². The highest BCUT2D eigenvalue weighted by Crippen LogP contribution is 2.33. The number of halogens is 2. The predicted octanol–water partition coefficient (Wildman–Crippen LogP) is 4.01. The number of anilines is 3. The van der Waals surface area contributed by atoms with E-state index in [0.717, 1.165) is 25.6 Å². The minimum absolute atomic E-state index is 0.0733. The molecule has 11 heteroatoms. The number of H-pyrrole nitrogens is 1. The molecule has 3 aromatic rings. The lowest BCUT2D eigenvalue weighted by atomic mass is 10.2. The average Bonchev–Trinajstić information content (AvgIpc) is 3.43. The molecule has 0 amide bonds. The molecule has 31 heavy (non-hydrogen) atoms. The van der Waals surface area contributed by atoms with Crippen molar-refractivity contribution >= 4 is 38.2 Å². The Balaban J connectivity index is 1.77. The molecule has 1 fully saturated rings. The monoisotopic (exact) mass is 451 g/mol. The fraction of sp³-hybridized carbons (Fsp3) is 0.400. The van der Waals surface area contributed by atoms with Crippen molar-refractivity contribution < 1.29 is 21.9 Å². The molecule has 3 N–H and O–H groups in total. The van der Waals surface area contributed by atoms with E-state index in [9.17, 15) is 17.2 Å². The number of ether oxygens (including phenoxy) is 1. The lowest BCUT2D eigenvalue weighted by Gasteiger charge is -2.14. The standard InChI is InChI=1S/C20H23F2N5O3S/c1-30-10-12-5-6-13(15(7-12)31(2,28)29)24-14-8-16(23-9-11-3-4-11)25-19-17(14)26-20(27-19)18(21)22/h5-8,11,18H,3-4,9-10H2,1-2H3,(H3,23,24,25,26,27). The van der Waals surface area contributed by atoms with Gasteiger partial charge in [0.15, 0.2) is 21.3 Å². The van der Waals surface area contributed by atoms with Gasteiger partial charge in [0.25, 0.3) is 6.43 Å². The number of sulfone groups is 1. The van der Waals surface area contributed by atoms with E-state index in [1.54, 1.807) is 18.2 Å². The van der Waals surface area contributed by atoms with Gasteiger partial charge in [0.05, 0.1) is 22.9 Å². The van der Waals surface area contributed by atoms with Crippen LogP contribution in [-0.4, -0.2) is 43.3 Å². The summed E-state index contributed by atoms with van der Waals surface area (Å²) in [6, 6.07) is 6.53. The average molecular weight is 451 g/mol. The predicted molar refractivity (Wildman–Crippen MR) is 114 cm³/mol. The number of benzene rings is 1. The summed E-state index contributed by atoms with van der Waals surface area (Å²) in [5.41, 5.74) is 1.77. The molecule has 0 unspecified atom stereocenters. The Bertz CT molecular complexity index is 1210. The summed E-state index contributed by atoms with van der Waals surface area (Å²) in [7, 11) is -2.05. The summed E-state index contributed by atoms with van der Waals surface area (Å²) in [6.07, 6.45) is 0.611. The van der Waals surface area contributed by atoms with Crippen LogP contribution in [0.1, 0.15) is 30.7 Å². The van der Waals surface area contributed by atoms with Crippen LogP contribution >= 0.6 is 0 Å². The molecule has 4 rings (SSSR count). The van der Waals surface area contributed by atoms with Gasteiger partial charge in [0, 0.05) is 26.0 Å². The molecule has 0 atom stereocenters. The maximum absolute atomic E-state index is 13.2. The number of fused-ring (bicyclic) bond motifs is 1. The minimum Gasteiger partial charge on any atom is -0.380 e. The van der Waals surface area contributed by atoms with Gasteiger partial charge in [-0.3, -0.25) is 0 Å². The van der Waals surface area contributed by atoms with Gasteiger partial charge in [0.1, 0.15) is 11.3 Å². The molecule has 2 aromatic heterocycles. The van der Waals surface area contributed by atoms with Crippen LogP contribution in [0.4, 0.5) is 26.0 Å². The molecule has 1 saturated carbocycles. The van der Waals surface area contributed by atoms with E-state index >= 15 is 0 Å². The summed E-state index contributed by atoms with van der Waals surface area (Å²) in [6.45, 7) is 0.989. The van der Waals surface area contributed by atoms with Crippen molar-refractivity contribution in [2.24, 2.45) is 5.92 Å². The fourth-order valence-electron chi connectivity index (χ4n) is 3.25. The number of alkyl halides is 2. The van der Waals surface area contributed by atoms with Gasteiger partial charge in [-0.25, -0.2) is 27.2 Å². The Labute approximate surface area is 178 Å². The molecule has 0 radical (unpaired) electrons. The van der Waals surface area contributed by atoms with Gasteiger partial charge in [-0.05, 0) is 36.5 Å². The van der Waals surface area contributed by atoms with Crippen molar-refractivity contribution in [1.82, 2.24) is 15.0 Å². The van der Waals surface area contributed by atoms with Crippen LogP contribution in [-0.2, 0) is 21.2 Å². The largest absolute Gasteiger partial charge is 0.380 e. The smallest absolute Gasteiger partial charge is 0.295 e. The molecule has 0 aliphatic heterocycles. The second kappa shape index (κ2) is 8.39. The van der Waals surface area contributed by atoms with Crippen LogP contribution in [0.15, 0.2) is 29.2 Å². The number of imidazole rings is 1. The van der Waals surface area contributed by atoms with Crippen LogP contribution < -0.4 is 10.6 Å². The summed E-state index contributed by atoms with van der Waals surface area (Å²) in [4.78, 5) is 10.9. The van der Waals surface area contributed by atoms with E-state index < -0.39 is 22.1 Å². The van der Waals surface area contributed by atoms with Gasteiger partial charge in [-0.15, -0.1) is 0 Å². The zero-order chi connectivity index (χ0) is 22.2. The van der Waals surface area contributed by atoms with Crippen LogP contribution in [0, 0.1) is 5.92 Å².